The summed E-state index contributed by atoms with van der Waals surface area (Å²) in [6.07, 6.45) is 0.339. The lowest BCUT2D eigenvalue weighted by Crippen LogP contribution is -2.41. The van der Waals surface area contributed by atoms with Gasteiger partial charge >= 0.3 is 0 Å². The summed E-state index contributed by atoms with van der Waals surface area (Å²) >= 11 is 0. The van der Waals surface area contributed by atoms with Crippen LogP contribution in [-0.4, -0.2) is 43.3 Å². The zero-order valence-corrected chi connectivity index (χ0v) is 12.3. The topological polar surface area (TPSA) is 80.5 Å². The molecule has 1 amide bonds. The SMILES string of the molecule is CCN(C(=O)c1cc(F)c(F)cc1N)C1CCS(=O)(=O)C1. The van der Waals surface area contributed by atoms with Gasteiger partial charge in [-0.3, -0.25) is 4.79 Å². The molecule has 1 aliphatic heterocycles. The fourth-order valence-corrected chi connectivity index (χ4v) is 4.22. The molecule has 1 atom stereocenters. The van der Waals surface area contributed by atoms with Crippen LogP contribution < -0.4 is 5.73 Å². The van der Waals surface area contributed by atoms with Crippen LogP contribution in [0.1, 0.15) is 23.7 Å². The van der Waals surface area contributed by atoms with Gasteiger partial charge in [0.2, 0.25) is 0 Å². The minimum Gasteiger partial charge on any atom is -0.398 e. The van der Waals surface area contributed by atoms with Crippen molar-refractivity contribution < 1.29 is 22.0 Å². The van der Waals surface area contributed by atoms with E-state index in [4.69, 9.17) is 5.73 Å². The summed E-state index contributed by atoms with van der Waals surface area (Å²) in [5.41, 5.74) is 5.24. The van der Waals surface area contributed by atoms with E-state index in [0.717, 1.165) is 12.1 Å². The lowest BCUT2D eigenvalue weighted by Gasteiger charge is -2.27. The number of sulfone groups is 1. The minimum absolute atomic E-state index is 0.0225. The first kappa shape index (κ1) is 15.7. The van der Waals surface area contributed by atoms with Crippen LogP contribution in [0.4, 0.5) is 14.5 Å². The summed E-state index contributed by atoms with van der Waals surface area (Å²) in [6, 6.07) is 1.04. The number of halogens is 2. The molecular weight excluding hydrogens is 302 g/mol. The highest BCUT2D eigenvalue weighted by molar-refractivity contribution is 7.91. The molecule has 1 aromatic carbocycles. The lowest BCUT2D eigenvalue weighted by molar-refractivity contribution is 0.0709. The second kappa shape index (κ2) is 5.59. The Morgan fingerprint density at radius 3 is 2.52 bits per heavy atom. The van der Waals surface area contributed by atoms with E-state index in [-0.39, 0.29) is 29.3 Å². The first-order valence-corrected chi connectivity index (χ1v) is 8.33. The molecule has 1 saturated heterocycles. The van der Waals surface area contributed by atoms with Crippen LogP contribution >= 0.6 is 0 Å². The van der Waals surface area contributed by atoms with Gasteiger partial charge in [0.1, 0.15) is 0 Å². The van der Waals surface area contributed by atoms with E-state index < -0.39 is 33.4 Å². The Labute approximate surface area is 121 Å². The first-order chi connectivity index (χ1) is 9.75. The number of nitrogens with two attached hydrogens (primary N) is 1. The van der Waals surface area contributed by atoms with Crippen molar-refractivity contribution in [2.75, 3.05) is 23.8 Å². The molecule has 1 aromatic rings. The Kier molecular flexibility index (Phi) is 4.18. The van der Waals surface area contributed by atoms with Crippen molar-refractivity contribution in [2.24, 2.45) is 0 Å². The highest BCUT2D eigenvalue weighted by Crippen LogP contribution is 2.23. The molecule has 0 spiro atoms. The number of carbonyl (C=O) groups is 1. The van der Waals surface area contributed by atoms with E-state index in [1.54, 1.807) is 6.92 Å². The van der Waals surface area contributed by atoms with Gasteiger partial charge in [0, 0.05) is 24.3 Å². The summed E-state index contributed by atoms with van der Waals surface area (Å²) in [6.45, 7) is 1.95. The van der Waals surface area contributed by atoms with Gasteiger partial charge in [-0.1, -0.05) is 0 Å². The standard InChI is InChI=1S/C13H16F2N2O3S/c1-2-17(8-3-4-21(19,20)7-8)13(18)9-5-10(14)11(15)6-12(9)16/h5-6,8H,2-4,7,16H2,1H3. The largest absolute Gasteiger partial charge is 0.398 e. The fraction of sp³-hybridized carbons (Fsp3) is 0.462. The average molecular weight is 318 g/mol. The number of hydrogen-bond acceptors (Lipinski definition) is 4. The number of hydrogen-bond donors (Lipinski definition) is 1. The molecular formula is C13H16F2N2O3S. The van der Waals surface area contributed by atoms with Crippen molar-refractivity contribution in [3.63, 3.8) is 0 Å². The number of amides is 1. The van der Waals surface area contributed by atoms with Crippen molar-refractivity contribution in [3.05, 3.63) is 29.3 Å². The normalized spacial score (nSPS) is 20.4. The molecule has 0 bridgehead atoms. The average Bonchev–Trinajstić information content (AvgIpc) is 2.75. The third-order valence-corrected chi connectivity index (χ3v) is 5.32. The third-order valence-electron chi connectivity index (χ3n) is 3.57. The molecule has 0 saturated carbocycles. The van der Waals surface area contributed by atoms with Crippen LogP contribution in [-0.2, 0) is 9.84 Å². The molecule has 1 fully saturated rings. The van der Waals surface area contributed by atoms with Gasteiger partial charge in [-0.05, 0) is 19.4 Å². The van der Waals surface area contributed by atoms with Gasteiger partial charge in [0.05, 0.1) is 17.1 Å². The summed E-state index contributed by atoms with van der Waals surface area (Å²) in [7, 11) is -3.15. The first-order valence-electron chi connectivity index (χ1n) is 6.51. The number of anilines is 1. The van der Waals surface area contributed by atoms with Crippen LogP contribution in [0.15, 0.2) is 12.1 Å². The molecule has 21 heavy (non-hydrogen) atoms. The Balaban J connectivity index is 2.31. The molecule has 1 heterocycles. The van der Waals surface area contributed by atoms with Gasteiger partial charge < -0.3 is 10.6 Å². The fourth-order valence-electron chi connectivity index (χ4n) is 2.49. The van der Waals surface area contributed by atoms with Gasteiger partial charge in [0.25, 0.3) is 5.91 Å². The molecule has 8 heteroatoms. The van der Waals surface area contributed by atoms with Crippen molar-refractivity contribution >= 4 is 21.4 Å². The van der Waals surface area contributed by atoms with Crippen molar-refractivity contribution in [2.45, 2.75) is 19.4 Å². The van der Waals surface area contributed by atoms with Crippen LogP contribution in [0.25, 0.3) is 0 Å². The lowest BCUT2D eigenvalue weighted by atomic mass is 10.1. The maximum atomic E-state index is 13.3. The van der Waals surface area contributed by atoms with Crippen molar-refractivity contribution in [3.8, 4) is 0 Å². The maximum Gasteiger partial charge on any atom is 0.256 e. The predicted molar refractivity (Wildman–Crippen MR) is 74.5 cm³/mol. The number of benzene rings is 1. The highest BCUT2D eigenvalue weighted by Gasteiger charge is 2.34. The van der Waals surface area contributed by atoms with Gasteiger partial charge in [-0.25, -0.2) is 17.2 Å². The Hall–Kier alpha value is -1.70. The van der Waals surface area contributed by atoms with E-state index in [2.05, 4.69) is 0 Å². The van der Waals surface area contributed by atoms with Gasteiger partial charge in [-0.15, -0.1) is 0 Å². The molecule has 2 N–H and O–H groups in total. The van der Waals surface area contributed by atoms with Crippen LogP contribution in [0.5, 0.6) is 0 Å². The van der Waals surface area contributed by atoms with Crippen LogP contribution in [0.2, 0.25) is 0 Å². The smallest absolute Gasteiger partial charge is 0.256 e. The van der Waals surface area contributed by atoms with E-state index >= 15 is 0 Å². The Morgan fingerprint density at radius 2 is 2.00 bits per heavy atom. The number of nitrogens with zero attached hydrogens (tertiary/aromatic N) is 1. The van der Waals surface area contributed by atoms with E-state index in [1.165, 1.54) is 4.90 Å². The molecule has 0 aliphatic carbocycles. The summed E-state index contributed by atoms with van der Waals surface area (Å²) in [5, 5.41) is 0. The maximum absolute atomic E-state index is 13.3. The predicted octanol–water partition coefficient (Wildman–Crippen LogP) is 1.20. The summed E-state index contributed by atoms with van der Waals surface area (Å²) in [5.74, 6) is -2.97. The monoisotopic (exact) mass is 318 g/mol. The Bertz CT molecular complexity index is 676. The highest BCUT2D eigenvalue weighted by atomic mass is 32.2. The molecule has 116 valence electrons. The molecule has 5 nitrogen and oxygen atoms in total. The number of nitrogen functional groups attached to an aromatic ring is 1. The second-order valence-corrected chi connectivity index (χ2v) is 7.23. The Morgan fingerprint density at radius 1 is 1.38 bits per heavy atom. The van der Waals surface area contributed by atoms with E-state index in [9.17, 15) is 22.0 Å². The number of carbonyl (C=O) groups excluding carboxylic acids is 1. The zero-order chi connectivity index (χ0) is 15.8. The summed E-state index contributed by atoms with van der Waals surface area (Å²) in [4.78, 5) is 13.8. The zero-order valence-electron chi connectivity index (χ0n) is 11.5. The molecule has 0 aromatic heterocycles. The molecule has 1 unspecified atom stereocenters. The van der Waals surface area contributed by atoms with Gasteiger partial charge in [-0.2, -0.15) is 0 Å². The van der Waals surface area contributed by atoms with E-state index in [0.29, 0.717) is 6.42 Å². The second-order valence-electron chi connectivity index (χ2n) is 5.00. The minimum atomic E-state index is -3.15. The van der Waals surface area contributed by atoms with Crippen LogP contribution in [0.3, 0.4) is 0 Å². The van der Waals surface area contributed by atoms with Gasteiger partial charge in [0.15, 0.2) is 21.5 Å². The van der Waals surface area contributed by atoms with Crippen molar-refractivity contribution in [1.29, 1.82) is 0 Å². The molecule has 0 radical (unpaired) electrons. The quantitative estimate of drug-likeness (QED) is 0.849. The third kappa shape index (κ3) is 3.15. The summed E-state index contributed by atoms with van der Waals surface area (Å²) < 4.78 is 49.4. The van der Waals surface area contributed by atoms with Crippen LogP contribution in [0, 0.1) is 11.6 Å². The molecule has 2 rings (SSSR count). The van der Waals surface area contributed by atoms with E-state index in [1.807, 2.05) is 0 Å². The molecule has 1 aliphatic rings. The number of rotatable bonds is 3. The van der Waals surface area contributed by atoms with Crippen molar-refractivity contribution in [1.82, 2.24) is 4.90 Å².